The van der Waals surface area contributed by atoms with Gasteiger partial charge in [-0.05, 0) is 44.4 Å². The minimum absolute atomic E-state index is 0.413. The lowest BCUT2D eigenvalue weighted by atomic mass is 9.93. The first-order chi connectivity index (χ1) is 13.7. The molecule has 2 heterocycles. The lowest BCUT2D eigenvalue weighted by molar-refractivity contribution is 0.532. The molecule has 1 unspecified atom stereocenters. The number of nitriles is 1. The Hall–Kier alpha value is -2.84. The van der Waals surface area contributed by atoms with Crippen LogP contribution in [-0.4, -0.2) is 31.2 Å². The highest BCUT2D eigenvalue weighted by Gasteiger charge is 2.34. The standard InChI is InChI=1S/C23H24N4O/c1-14-18(12-24)20-22(28-23(26-20)16-8-9-16)21(27-11-10-17(13-27)25-2)19(14)15-6-4-3-5-7-15/h3-7,16-17,25H,8-11,13H2,1-2H3. The maximum Gasteiger partial charge on any atom is 0.198 e. The van der Waals surface area contributed by atoms with Crippen molar-refractivity contribution in [2.24, 2.45) is 0 Å². The molecule has 2 aromatic carbocycles. The molecule has 1 aromatic heterocycles. The summed E-state index contributed by atoms with van der Waals surface area (Å²) < 4.78 is 6.34. The van der Waals surface area contributed by atoms with Gasteiger partial charge in [-0.15, -0.1) is 0 Å². The molecule has 5 nitrogen and oxygen atoms in total. The van der Waals surface area contributed by atoms with Gasteiger partial charge in [-0.2, -0.15) is 5.26 Å². The number of oxazole rings is 1. The first-order valence-electron chi connectivity index (χ1n) is 10.1. The fourth-order valence-electron chi connectivity index (χ4n) is 4.36. The third kappa shape index (κ3) is 2.68. The number of rotatable bonds is 4. The van der Waals surface area contributed by atoms with Crippen LogP contribution in [0.15, 0.2) is 34.7 Å². The molecule has 5 heteroatoms. The van der Waals surface area contributed by atoms with Crippen LogP contribution in [0.3, 0.4) is 0 Å². The maximum absolute atomic E-state index is 9.93. The van der Waals surface area contributed by atoms with Crippen LogP contribution in [0.2, 0.25) is 0 Å². The van der Waals surface area contributed by atoms with Gasteiger partial charge in [-0.25, -0.2) is 4.98 Å². The van der Waals surface area contributed by atoms with Crippen LogP contribution in [0.5, 0.6) is 0 Å². The van der Waals surface area contributed by atoms with E-state index in [4.69, 9.17) is 9.40 Å². The summed E-state index contributed by atoms with van der Waals surface area (Å²) in [7, 11) is 2.02. The largest absolute Gasteiger partial charge is 0.438 e. The van der Waals surface area contributed by atoms with Crippen LogP contribution < -0.4 is 10.2 Å². The van der Waals surface area contributed by atoms with Crippen molar-refractivity contribution in [3.05, 3.63) is 47.3 Å². The highest BCUT2D eigenvalue weighted by Crippen LogP contribution is 2.47. The van der Waals surface area contributed by atoms with Gasteiger partial charge < -0.3 is 14.6 Å². The van der Waals surface area contributed by atoms with Crippen molar-refractivity contribution in [1.82, 2.24) is 10.3 Å². The van der Waals surface area contributed by atoms with E-state index in [1.54, 1.807) is 0 Å². The number of nitrogens with one attached hydrogen (secondary N) is 1. The number of aromatic nitrogens is 1. The topological polar surface area (TPSA) is 65.1 Å². The zero-order valence-electron chi connectivity index (χ0n) is 16.3. The molecule has 0 amide bonds. The van der Waals surface area contributed by atoms with E-state index < -0.39 is 0 Å². The van der Waals surface area contributed by atoms with Crippen molar-refractivity contribution in [3.8, 4) is 17.2 Å². The molecule has 1 atom stereocenters. The van der Waals surface area contributed by atoms with Crippen LogP contribution in [0, 0.1) is 18.3 Å². The summed E-state index contributed by atoms with van der Waals surface area (Å²) in [6.45, 7) is 3.93. The molecule has 28 heavy (non-hydrogen) atoms. The van der Waals surface area contributed by atoms with E-state index in [2.05, 4.69) is 28.4 Å². The Labute approximate surface area is 165 Å². The van der Waals surface area contributed by atoms with E-state index >= 15 is 0 Å². The van der Waals surface area contributed by atoms with Gasteiger partial charge >= 0.3 is 0 Å². The van der Waals surface area contributed by atoms with Crippen molar-refractivity contribution in [3.63, 3.8) is 0 Å². The van der Waals surface area contributed by atoms with Crippen LogP contribution in [0.25, 0.3) is 22.2 Å². The summed E-state index contributed by atoms with van der Waals surface area (Å²) in [6.07, 6.45) is 3.34. The molecule has 0 spiro atoms. The van der Waals surface area contributed by atoms with Crippen molar-refractivity contribution >= 4 is 16.8 Å². The first-order valence-corrected chi connectivity index (χ1v) is 10.1. The average Bonchev–Trinajstić information content (AvgIpc) is 3.31. The minimum Gasteiger partial charge on any atom is -0.438 e. The van der Waals surface area contributed by atoms with Crippen LogP contribution >= 0.6 is 0 Å². The quantitative estimate of drug-likeness (QED) is 0.737. The lowest BCUT2D eigenvalue weighted by Gasteiger charge is -2.24. The van der Waals surface area contributed by atoms with Crippen molar-refractivity contribution in [2.45, 2.75) is 38.1 Å². The third-order valence-corrected chi connectivity index (χ3v) is 6.10. The molecule has 3 aromatic rings. The van der Waals surface area contributed by atoms with Crippen LogP contribution in [-0.2, 0) is 0 Å². The van der Waals surface area contributed by atoms with Gasteiger partial charge in [-0.1, -0.05) is 30.3 Å². The molecule has 1 aliphatic heterocycles. The molecular weight excluding hydrogens is 348 g/mol. The summed E-state index contributed by atoms with van der Waals surface area (Å²) in [5, 5.41) is 13.3. The van der Waals surface area contributed by atoms with E-state index in [0.717, 1.165) is 71.7 Å². The summed E-state index contributed by atoms with van der Waals surface area (Å²) in [4.78, 5) is 7.19. The Morgan fingerprint density at radius 3 is 2.64 bits per heavy atom. The zero-order chi connectivity index (χ0) is 19.3. The molecule has 2 fully saturated rings. The van der Waals surface area contributed by atoms with Crippen molar-refractivity contribution in [1.29, 1.82) is 5.26 Å². The molecule has 5 rings (SSSR count). The average molecular weight is 372 g/mol. The Morgan fingerprint density at radius 2 is 2.00 bits per heavy atom. The van der Waals surface area contributed by atoms with Crippen LogP contribution in [0.1, 0.15) is 42.2 Å². The lowest BCUT2D eigenvalue weighted by Crippen LogP contribution is -2.30. The van der Waals surface area contributed by atoms with Gasteiger partial charge in [0.1, 0.15) is 11.6 Å². The van der Waals surface area contributed by atoms with Gasteiger partial charge in [0.2, 0.25) is 0 Å². The summed E-state index contributed by atoms with van der Waals surface area (Å²) in [5.74, 6) is 1.21. The second-order valence-corrected chi connectivity index (χ2v) is 7.93. The highest BCUT2D eigenvalue weighted by molar-refractivity contribution is 6.02. The maximum atomic E-state index is 9.93. The van der Waals surface area contributed by atoms with E-state index in [0.29, 0.717) is 17.5 Å². The number of fused-ring (bicyclic) bond motifs is 1. The SMILES string of the molecule is CNC1CCN(c2c(-c3ccccc3)c(C)c(C#N)c3nc(C4CC4)oc23)C1. The number of anilines is 1. The molecule has 0 radical (unpaired) electrons. The summed E-state index contributed by atoms with van der Waals surface area (Å²) >= 11 is 0. The molecule has 142 valence electrons. The molecule has 2 aliphatic rings. The molecule has 1 aliphatic carbocycles. The normalized spacial score (nSPS) is 19.3. The van der Waals surface area contributed by atoms with Crippen LogP contribution in [0.4, 0.5) is 5.69 Å². The first kappa shape index (κ1) is 17.3. The molecule has 1 saturated carbocycles. The summed E-state index contributed by atoms with van der Waals surface area (Å²) in [6, 6.07) is 13.2. The Balaban J connectivity index is 1.81. The Kier molecular flexibility index (Phi) is 4.10. The van der Waals surface area contributed by atoms with Crippen molar-refractivity contribution in [2.75, 3.05) is 25.0 Å². The number of nitrogens with zero attached hydrogens (tertiary/aromatic N) is 3. The smallest absolute Gasteiger partial charge is 0.198 e. The van der Waals surface area contributed by atoms with Crippen molar-refractivity contribution < 1.29 is 4.42 Å². The number of likely N-dealkylation sites (N-methyl/N-ethyl adjacent to an activating group) is 1. The molecule has 0 bridgehead atoms. The number of hydrogen-bond donors (Lipinski definition) is 1. The predicted octanol–water partition coefficient (Wildman–Crippen LogP) is 4.35. The predicted molar refractivity (Wildman–Crippen MR) is 111 cm³/mol. The summed E-state index contributed by atoms with van der Waals surface area (Å²) in [5.41, 5.74) is 6.43. The highest BCUT2D eigenvalue weighted by atomic mass is 16.4. The van der Waals surface area contributed by atoms with E-state index in [1.807, 2.05) is 32.2 Å². The second-order valence-electron chi connectivity index (χ2n) is 7.93. The Bertz CT molecular complexity index is 1080. The van der Waals surface area contributed by atoms with Gasteiger partial charge in [-0.3, -0.25) is 0 Å². The molecule has 1 N–H and O–H groups in total. The van der Waals surface area contributed by atoms with Gasteiger partial charge in [0.05, 0.1) is 11.3 Å². The van der Waals surface area contributed by atoms with E-state index in [1.165, 1.54) is 0 Å². The fourth-order valence-corrected chi connectivity index (χ4v) is 4.36. The minimum atomic E-state index is 0.413. The zero-order valence-corrected chi connectivity index (χ0v) is 16.3. The second kappa shape index (κ2) is 6.65. The molecule has 1 saturated heterocycles. The monoisotopic (exact) mass is 372 g/mol. The Morgan fingerprint density at radius 1 is 1.21 bits per heavy atom. The number of benzene rings is 2. The van der Waals surface area contributed by atoms with E-state index in [-0.39, 0.29) is 0 Å². The molecular formula is C23H24N4O. The van der Waals surface area contributed by atoms with E-state index in [9.17, 15) is 5.26 Å². The third-order valence-electron chi connectivity index (χ3n) is 6.10. The van der Waals surface area contributed by atoms with Gasteiger partial charge in [0.25, 0.3) is 0 Å². The van der Waals surface area contributed by atoms with Gasteiger partial charge in [0, 0.05) is 30.6 Å². The fraction of sp³-hybridized carbons (Fsp3) is 0.391. The number of hydrogen-bond acceptors (Lipinski definition) is 5. The van der Waals surface area contributed by atoms with Gasteiger partial charge in [0.15, 0.2) is 11.5 Å².